The summed E-state index contributed by atoms with van der Waals surface area (Å²) in [4.78, 5) is 11.4. The number of nitrogens with zero attached hydrogens (tertiary/aromatic N) is 3. The van der Waals surface area contributed by atoms with Crippen molar-refractivity contribution in [1.29, 1.82) is 0 Å². The molecular weight excluding hydrogens is 236 g/mol. The van der Waals surface area contributed by atoms with E-state index in [2.05, 4.69) is 54.1 Å². The Balaban J connectivity index is 2.08. The van der Waals surface area contributed by atoms with E-state index in [1.807, 2.05) is 0 Å². The maximum Gasteiger partial charge on any atom is 0.134 e. The Morgan fingerprint density at radius 2 is 2.11 bits per heavy atom. The Labute approximate surface area is 116 Å². The summed E-state index contributed by atoms with van der Waals surface area (Å²) in [5.74, 6) is 4.65. The quantitative estimate of drug-likeness (QED) is 0.820. The van der Waals surface area contributed by atoms with Crippen LogP contribution in [-0.2, 0) is 6.42 Å². The molecule has 0 amide bonds. The van der Waals surface area contributed by atoms with Crippen LogP contribution >= 0.6 is 0 Å². The zero-order valence-corrected chi connectivity index (χ0v) is 12.6. The van der Waals surface area contributed by atoms with Gasteiger partial charge < -0.3 is 10.2 Å². The van der Waals surface area contributed by atoms with Crippen LogP contribution in [0.5, 0.6) is 0 Å². The molecule has 0 bridgehead atoms. The molecule has 1 heterocycles. The first-order valence-corrected chi connectivity index (χ1v) is 7.47. The van der Waals surface area contributed by atoms with Crippen molar-refractivity contribution in [3.63, 3.8) is 0 Å². The molecule has 1 saturated carbocycles. The lowest BCUT2D eigenvalue weighted by Gasteiger charge is -2.19. The Kier molecular flexibility index (Phi) is 4.61. The zero-order valence-electron chi connectivity index (χ0n) is 12.6. The van der Waals surface area contributed by atoms with Gasteiger partial charge in [0.15, 0.2) is 0 Å². The number of rotatable bonds is 7. The van der Waals surface area contributed by atoms with Crippen LogP contribution in [-0.4, -0.2) is 30.1 Å². The third kappa shape index (κ3) is 3.82. The molecule has 0 saturated heterocycles. The second-order valence-corrected chi connectivity index (χ2v) is 5.66. The van der Waals surface area contributed by atoms with Crippen LogP contribution in [0.3, 0.4) is 0 Å². The van der Waals surface area contributed by atoms with Gasteiger partial charge in [-0.3, -0.25) is 0 Å². The summed E-state index contributed by atoms with van der Waals surface area (Å²) < 4.78 is 0. The van der Waals surface area contributed by atoms with E-state index in [9.17, 15) is 0 Å². The summed E-state index contributed by atoms with van der Waals surface area (Å²) in [7, 11) is 2.14. The van der Waals surface area contributed by atoms with E-state index in [4.69, 9.17) is 0 Å². The first kappa shape index (κ1) is 14.1. The maximum absolute atomic E-state index is 4.64. The second-order valence-electron chi connectivity index (χ2n) is 5.66. The molecular formula is C15H26N4. The van der Waals surface area contributed by atoms with Gasteiger partial charge >= 0.3 is 0 Å². The number of hydrogen-bond donors (Lipinski definition) is 1. The molecule has 1 aromatic heterocycles. The Morgan fingerprint density at radius 3 is 2.68 bits per heavy atom. The molecule has 0 spiro atoms. The van der Waals surface area contributed by atoms with Gasteiger partial charge in [-0.1, -0.05) is 20.8 Å². The molecule has 1 fully saturated rings. The minimum absolute atomic E-state index is 0.845. The summed E-state index contributed by atoms with van der Waals surface area (Å²) in [6.45, 7) is 8.66. The van der Waals surface area contributed by atoms with E-state index in [1.165, 1.54) is 6.42 Å². The van der Waals surface area contributed by atoms with E-state index in [-0.39, 0.29) is 0 Å². The van der Waals surface area contributed by atoms with Gasteiger partial charge in [-0.2, -0.15) is 0 Å². The van der Waals surface area contributed by atoms with Crippen molar-refractivity contribution in [2.75, 3.05) is 30.4 Å². The van der Waals surface area contributed by atoms with Crippen molar-refractivity contribution < 1.29 is 0 Å². The van der Waals surface area contributed by atoms with Crippen LogP contribution in [0.4, 0.5) is 11.6 Å². The second kappa shape index (κ2) is 6.22. The molecule has 1 aliphatic rings. The van der Waals surface area contributed by atoms with Crippen molar-refractivity contribution in [1.82, 2.24) is 9.97 Å². The normalized spacial score (nSPS) is 21.3. The summed E-state index contributed by atoms with van der Waals surface area (Å²) in [6.07, 6.45) is 3.34. The molecule has 1 N–H and O–H groups in total. The number of anilines is 2. The molecule has 2 rings (SSSR count). The first-order valence-electron chi connectivity index (χ1n) is 7.47. The van der Waals surface area contributed by atoms with E-state index in [1.54, 1.807) is 0 Å². The highest BCUT2D eigenvalue weighted by atomic mass is 15.2. The number of aromatic nitrogens is 2. The van der Waals surface area contributed by atoms with E-state index in [0.29, 0.717) is 0 Å². The number of nitrogens with one attached hydrogen (secondary N) is 1. The fourth-order valence-corrected chi connectivity index (χ4v) is 2.28. The molecule has 0 aliphatic heterocycles. The fourth-order valence-electron chi connectivity index (χ4n) is 2.28. The van der Waals surface area contributed by atoms with Gasteiger partial charge in [0.25, 0.3) is 0 Å². The molecule has 4 heteroatoms. The summed E-state index contributed by atoms with van der Waals surface area (Å²) in [6, 6.07) is 2.07. The predicted octanol–water partition coefficient (Wildman–Crippen LogP) is 2.95. The molecule has 0 aromatic carbocycles. The predicted molar refractivity (Wildman–Crippen MR) is 80.7 cm³/mol. The van der Waals surface area contributed by atoms with Crippen LogP contribution in [0.2, 0.25) is 0 Å². The highest BCUT2D eigenvalue weighted by Gasteiger charge is 2.33. The lowest BCUT2D eigenvalue weighted by Crippen LogP contribution is -2.22. The molecule has 2 unspecified atom stereocenters. The molecule has 4 nitrogen and oxygen atoms in total. The highest BCUT2D eigenvalue weighted by Crippen LogP contribution is 2.38. The Hall–Kier alpha value is -1.32. The first-order chi connectivity index (χ1) is 9.13. The molecule has 106 valence electrons. The molecule has 1 aromatic rings. The van der Waals surface area contributed by atoms with Crippen molar-refractivity contribution >= 4 is 11.6 Å². The third-order valence-corrected chi connectivity index (χ3v) is 3.81. The zero-order chi connectivity index (χ0) is 13.8. The van der Waals surface area contributed by atoms with Gasteiger partial charge in [-0.05, 0) is 24.7 Å². The summed E-state index contributed by atoms with van der Waals surface area (Å²) >= 11 is 0. The monoisotopic (exact) mass is 262 g/mol. The minimum Gasteiger partial charge on any atom is -0.370 e. The lowest BCUT2D eigenvalue weighted by molar-refractivity contribution is 0.716. The highest BCUT2D eigenvalue weighted by molar-refractivity contribution is 5.49. The average Bonchev–Trinajstić information content (AvgIpc) is 3.11. The molecule has 19 heavy (non-hydrogen) atoms. The topological polar surface area (TPSA) is 41.0 Å². The van der Waals surface area contributed by atoms with Crippen LogP contribution in [0.25, 0.3) is 0 Å². The smallest absolute Gasteiger partial charge is 0.134 e. The SMILES string of the molecule is CCCNc1cc(N(C)CC2CC2C)nc(CC)n1. The Bertz CT molecular complexity index is 419. The van der Waals surface area contributed by atoms with Crippen LogP contribution in [0.1, 0.15) is 39.4 Å². The van der Waals surface area contributed by atoms with Crippen LogP contribution in [0.15, 0.2) is 6.07 Å². The molecule has 1 aliphatic carbocycles. The average molecular weight is 262 g/mol. The van der Waals surface area contributed by atoms with E-state index in [0.717, 1.165) is 55.2 Å². The standard InChI is InChI=1S/C15H26N4/c1-5-7-16-14-9-15(18-13(6-2)17-14)19(4)10-12-8-11(12)3/h9,11-12H,5-8,10H2,1-4H3,(H,16,17,18). The van der Waals surface area contributed by atoms with E-state index < -0.39 is 0 Å². The van der Waals surface area contributed by atoms with Crippen molar-refractivity contribution in [2.24, 2.45) is 11.8 Å². The molecule has 0 radical (unpaired) electrons. The van der Waals surface area contributed by atoms with Crippen molar-refractivity contribution in [3.8, 4) is 0 Å². The van der Waals surface area contributed by atoms with Gasteiger partial charge in [0, 0.05) is 32.6 Å². The fraction of sp³-hybridized carbons (Fsp3) is 0.733. The number of hydrogen-bond acceptors (Lipinski definition) is 4. The largest absolute Gasteiger partial charge is 0.370 e. The van der Waals surface area contributed by atoms with Gasteiger partial charge in [-0.15, -0.1) is 0 Å². The molecule has 2 atom stereocenters. The lowest BCUT2D eigenvalue weighted by atomic mass is 10.3. The summed E-state index contributed by atoms with van der Waals surface area (Å²) in [5, 5.41) is 3.36. The number of aryl methyl sites for hydroxylation is 1. The minimum atomic E-state index is 0.845. The van der Waals surface area contributed by atoms with Crippen molar-refractivity contribution in [2.45, 2.75) is 40.0 Å². The Morgan fingerprint density at radius 1 is 1.37 bits per heavy atom. The van der Waals surface area contributed by atoms with E-state index >= 15 is 0 Å². The van der Waals surface area contributed by atoms with Crippen LogP contribution in [0, 0.1) is 11.8 Å². The van der Waals surface area contributed by atoms with Gasteiger partial charge in [0.05, 0.1) is 0 Å². The van der Waals surface area contributed by atoms with Gasteiger partial charge in [0.1, 0.15) is 17.5 Å². The summed E-state index contributed by atoms with van der Waals surface area (Å²) in [5.41, 5.74) is 0. The van der Waals surface area contributed by atoms with Gasteiger partial charge in [0.2, 0.25) is 0 Å². The maximum atomic E-state index is 4.64. The van der Waals surface area contributed by atoms with Crippen LogP contribution < -0.4 is 10.2 Å². The van der Waals surface area contributed by atoms with Crippen molar-refractivity contribution in [3.05, 3.63) is 11.9 Å². The van der Waals surface area contributed by atoms with Gasteiger partial charge in [-0.25, -0.2) is 9.97 Å². The third-order valence-electron chi connectivity index (χ3n) is 3.81.